The van der Waals surface area contributed by atoms with E-state index < -0.39 is 11.5 Å². The largest absolute Gasteiger partial charge is 0.490 e. The summed E-state index contributed by atoms with van der Waals surface area (Å²) in [5.74, 6) is -0.545. The van der Waals surface area contributed by atoms with E-state index in [2.05, 4.69) is 0 Å². The second-order valence-corrected chi connectivity index (χ2v) is 5.36. The summed E-state index contributed by atoms with van der Waals surface area (Å²) in [4.78, 5) is 24.5. The van der Waals surface area contributed by atoms with Crippen LogP contribution in [0, 0.1) is 5.82 Å². The molecule has 120 valence electrons. The SMILES string of the molecule is CC(=O)N1CCO[C@](COc2ccc(F)cc2)(CC(N)=O)C1. The van der Waals surface area contributed by atoms with E-state index in [1.807, 2.05) is 0 Å². The van der Waals surface area contributed by atoms with Crippen LogP contribution in [0.25, 0.3) is 0 Å². The fraction of sp³-hybridized carbons (Fsp3) is 0.467. The summed E-state index contributed by atoms with van der Waals surface area (Å²) >= 11 is 0. The van der Waals surface area contributed by atoms with E-state index in [1.54, 1.807) is 4.90 Å². The Labute approximate surface area is 128 Å². The third kappa shape index (κ3) is 4.17. The molecule has 0 radical (unpaired) electrons. The summed E-state index contributed by atoms with van der Waals surface area (Å²) in [5, 5.41) is 0. The standard InChI is InChI=1S/C15H19FN2O4/c1-11(19)18-6-7-22-15(9-18,8-14(17)20)10-21-13-4-2-12(16)3-5-13/h2-5H,6-10H2,1H3,(H2,17,20)/t15-/m1/s1. The Morgan fingerprint density at radius 2 is 2.09 bits per heavy atom. The summed E-state index contributed by atoms with van der Waals surface area (Å²) in [7, 11) is 0. The molecule has 0 bridgehead atoms. The van der Waals surface area contributed by atoms with Crippen LogP contribution in [0.1, 0.15) is 13.3 Å². The Morgan fingerprint density at radius 3 is 2.68 bits per heavy atom. The van der Waals surface area contributed by atoms with E-state index >= 15 is 0 Å². The number of rotatable bonds is 5. The summed E-state index contributed by atoms with van der Waals surface area (Å²) in [6, 6.07) is 5.52. The van der Waals surface area contributed by atoms with Gasteiger partial charge >= 0.3 is 0 Å². The summed E-state index contributed by atoms with van der Waals surface area (Å²) in [6.07, 6.45) is -0.0576. The molecular weight excluding hydrogens is 291 g/mol. The normalized spacial score (nSPS) is 21.5. The number of nitrogens with zero attached hydrogens (tertiary/aromatic N) is 1. The average Bonchev–Trinajstić information content (AvgIpc) is 2.46. The predicted octanol–water partition coefficient (Wildman–Crippen LogP) is 0.697. The van der Waals surface area contributed by atoms with Gasteiger partial charge in [0.05, 0.1) is 19.6 Å². The number of nitrogens with two attached hydrogens (primary N) is 1. The summed E-state index contributed by atoms with van der Waals surface area (Å²) < 4.78 is 24.2. The smallest absolute Gasteiger partial charge is 0.220 e. The number of carbonyl (C=O) groups is 2. The van der Waals surface area contributed by atoms with Crippen molar-refractivity contribution in [2.45, 2.75) is 18.9 Å². The van der Waals surface area contributed by atoms with Crippen molar-refractivity contribution >= 4 is 11.8 Å². The van der Waals surface area contributed by atoms with Crippen LogP contribution in [0.2, 0.25) is 0 Å². The maximum absolute atomic E-state index is 12.9. The third-order valence-corrected chi connectivity index (χ3v) is 3.51. The number of hydrogen-bond donors (Lipinski definition) is 1. The highest BCUT2D eigenvalue weighted by Crippen LogP contribution is 2.24. The second-order valence-electron chi connectivity index (χ2n) is 5.36. The first-order chi connectivity index (χ1) is 10.4. The molecule has 1 fully saturated rings. The molecule has 0 aliphatic carbocycles. The van der Waals surface area contributed by atoms with Crippen LogP contribution >= 0.6 is 0 Å². The zero-order valence-corrected chi connectivity index (χ0v) is 12.4. The van der Waals surface area contributed by atoms with Gasteiger partial charge in [-0.1, -0.05) is 0 Å². The fourth-order valence-corrected chi connectivity index (χ4v) is 2.42. The molecule has 1 aromatic carbocycles. The molecule has 1 aliphatic rings. The first-order valence-electron chi connectivity index (χ1n) is 6.96. The van der Waals surface area contributed by atoms with Crippen LogP contribution in [0.4, 0.5) is 4.39 Å². The molecule has 6 nitrogen and oxygen atoms in total. The van der Waals surface area contributed by atoms with Gasteiger partial charge in [0, 0.05) is 13.5 Å². The molecule has 1 aromatic rings. The zero-order chi connectivity index (χ0) is 16.2. The summed E-state index contributed by atoms with van der Waals surface area (Å²) in [5.41, 5.74) is 4.31. The van der Waals surface area contributed by atoms with E-state index in [-0.39, 0.29) is 31.3 Å². The van der Waals surface area contributed by atoms with Crippen molar-refractivity contribution in [2.75, 3.05) is 26.3 Å². The molecule has 0 spiro atoms. The first-order valence-corrected chi connectivity index (χ1v) is 6.96. The molecule has 1 heterocycles. The first kappa shape index (κ1) is 16.2. The number of amides is 2. The highest BCUT2D eigenvalue weighted by Gasteiger charge is 2.40. The van der Waals surface area contributed by atoms with Crippen LogP contribution in [0.3, 0.4) is 0 Å². The molecular formula is C15H19FN2O4. The topological polar surface area (TPSA) is 81.9 Å². The monoisotopic (exact) mass is 310 g/mol. The Balaban J connectivity index is 2.09. The van der Waals surface area contributed by atoms with E-state index in [9.17, 15) is 14.0 Å². The van der Waals surface area contributed by atoms with Crippen LogP contribution in [0.5, 0.6) is 5.75 Å². The van der Waals surface area contributed by atoms with Crippen LogP contribution in [-0.2, 0) is 14.3 Å². The van der Waals surface area contributed by atoms with Gasteiger partial charge in [0.1, 0.15) is 23.8 Å². The highest BCUT2D eigenvalue weighted by molar-refractivity contribution is 5.76. The van der Waals surface area contributed by atoms with E-state index in [0.717, 1.165) is 0 Å². The van der Waals surface area contributed by atoms with Gasteiger partial charge in [0.2, 0.25) is 11.8 Å². The van der Waals surface area contributed by atoms with Crippen molar-refractivity contribution in [2.24, 2.45) is 5.73 Å². The highest BCUT2D eigenvalue weighted by atomic mass is 19.1. The molecule has 1 atom stereocenters. The number of halogens is 1. The van der Waals surface area contributed by atoms with Gasteiger partial charge in [-0.15, -0.1) is 0 Å². The lowest BCUT2D eigenvalue weighted by atomic mass is 9.97. The third-order valence-electron chi connectivity index (χ3n) is 3.51. The quantitative estimate of drug-likeness (QED) is 0.868. The maximum atomic E-state index is 12.9. The van der Waals surface area contributed by atoms with Crippen molar-refractivity contribution in [3.63, 3.8) is 0 Å². The minimum Gasteiger partial charge on any atom is -0.490 e. The Morgan fingerprint density at radius 1 is 1.41 bits per heavy atom. The summed E-state index contributed by atoms with van der Waals surface area (Å²) in [6.45, 7) is 2.50. The number of ether oxygens (including phenoxy) is 2. The van der Waals surface area contributed by atoms with Crippen LogP contribution in [-0.4, -0.2) is 48.6 Å². The maximum Gasteiger partial charge on any atom is 0.220 e. The lowest BCUT2D eigenvalue weighted by Crippen LogP contribution is -2.57. The number of carbonyl (C=O) groups excluding carboxylic acids is 2. The van der Waals surface area contributed by atoms with Crippen molar-refractivity contribution in [3.8, 4) is 5.75 Å². The Kier molecular flexibility index (Phi) is 4.97. The van der Waals surface area contributed by atoms with E-state index in [1.165, 1.54) is 31.2 Å². The van der Waals surface area contributed by atoms with Crippen molar-refractivity contribution in [1.29, 1.82) is 0 Å². The van der Waals surface area contributed by atoms with Gasteiger partial charge in [-0.05, 0) is 24.3 Å². The Bertz CT molecular complexity index is 549. The van der Waals surface area contributed by atoms with Gasteiger partial charge < -0.3 is 20.1 Å². The zero-order valence-electron chi connectivity index (χ0n) is 12.4. The number of benzene rings is 1. The van der Waals surface area contributed by atoms with Crippen LogP contribution < -0.4 is 10.5 Å². The number of morpholine rings is 1. The predicted molar refractivity (Wildman–Crippen MR) is 76.6 cm³/mol. The molecule has 1 aliphatic heterocycles. The van der Waals surface area contributed by atoms with Crippen molar-refractivity contribution in [3.05, 3.63) is 30.1 Å². The Hall–Kier alpha value is -2.15. The van der Waals surface area contributed by atoms with Gasteiger partial charge in [-0.3, -0.25) is 9.59 Å². The molecule has 2 N–H and O–H groups in total. The molecule has 2 rings (SSSR count). The lowest BCUT2D eigenvalue weighted by molar-refractivity contribution is -0.160. The van der Waals surface area contributed by atoms with Crippen molar-refractivity contribution < 1.29 is 23.5 Å². The average molecular weight is 310 g/mol. The minimum atomic E-state index is -0.982. The van der Waals surface area contributed by atoms with Gasteiger partial charge in [0.25, 0.3) is 0 Å². The molecule has 0 aromatic heterocycles. The molecule has 7 heteroatoms. The lowest BCUT2D eigenvalue weighted by Gasteiger charge is -2.41. The molecule has 2 amide bonds. The molecule has 0 unspecified atom stereocenters. The minimum absolute atomic E-state index is 0.0470. The van der Waals surface area contributed by atoms with Gasteiger partial charge in [-0.25, -0.2) is 4.39 Å². The van der Waals surface area contributed by atoms with E-state index in [0.29, 0.717) is 18.9 Å². The van der Waals surface area contributed by atoms with Gasteiger partial charge in [-0.2, -0.15) is 0 Å². The molecule has 22 heavy (non-hydrogen) atoms. The van der Waals surface area contributed by atoms with Crippen molar-refractivity contribution in [1.82, 2.24) is 4.90 Å². The fourth-order valence-electron chi connectivity index (χ4n) is 2.42. The van der Waals surface area contributed by atoms with E-state index in [4.69, 9.17) is 15.2 Å². The molecule has 1 saturated heterocycles. The second kappa shape index (κ2) is 6.74. The number of primary amides is 1. The number of hydrogen-bond acceptors (Lipinski definition) is 4. The van der Waals surface area contributed by atoms with Crippen LogP contribution in [0.15, 0.2) is 24.3 Å². The van der Waals surface area contributed by atoms with Gasteiger partial charge in [0.15, 0.2) is 0 Å². The molecule has 0 saturated carbocycles.